The first-order valence-corrected chi connectivity index (χ1v) is 10.2. The number of ketones is 1. The van der Waals surface area contributed by atoms with Crippen LogP contribution in [0.4, 0.5) is 0 Å². The topological polar surface area (TPSA) is 57.5 Å². The second-order valence-electron chi connectivity index (χ2n) is 9.60. The zero-order valence-corrected chi connectivity index (χ0v) is 15.2. The summed E-state index contributed by atoms with van der Waals surface area (Å²) in [6.07, 6.45) is 13.1. The van der Waals surface area contributed by atoms with Gasteiger partial charge in [0.05, 0.1) is 12.2 Å². The van der Waals surface area contributed by atoms with Gasteiger partial charge in [-0.25, -0.2) is 0 Å². The van der Waals surface area contributed by atoms with E-state index in [-0.39, 0.29) is 12.0 Å². The lowest BCUT2D eigenvalue weighted by molar-refractivity contribution is -0.119. The highest BCUT2D eigenvalue weighted by atomic mass is 16.3. The summed E-state index contributed by atoms with van der Waals surface area (Å²) < 4.78 is 0. The fourth-order valence-electron chi connectivity index (χ4n) is 7.77. The molecular weight excluding hydrogens is 312 g/mol. The first kappa shape index (κ1) is 16.3. The first-order valence-electron chi connectivity index (χ1n) is 10.2. The molecule has 0 heterocycles. The molecule has 5 aliphatic carbocycles. The molecule has 3 heteroatoms. The Kier molecular flexibility index (Phi) is 3.44. The van der Waals surface area contributed by atoms with Gasteiger partial charge in [0.1, 0.15) is 0 Å². The zero-order chi connectivity index (χ0) is 17.4. The van der Waals surface area contributed by atoms with Crippen LogP contribution in [0.5, 0.6) is 0 Å². The van der Waals surface area contributed by atoms with E-state index in [1.54, 1.807) is 6.08 Å². The van der Waals surface area contributed by atoms with Crippen LogP contribution in [0.2, 0.25) is 0 Å². The van der Waals surface area contributed by atoms with Crippen molar-refractivity contribution in [2.24, 2.45) is 40.9 Å². The maximum atomic E-state index is 11.8. The van der Waals surface area contributed by atoms with Gasteiger partial charge in [0, 0.05) is 11.8 Å². The minimum Gasteiger partial charge on any atom is -0.392 e. The Labute approximate surface area is 150 Å². The lowest BCUT2D eigenvalue weighted by Crippen LogP contribution is -2.54. The van der Waals surface area contributed by atoms with E-state index in [2.05, 4.69) is 6.92 Å². The zero-order valence-electron chi connectivity index (χ0n) is 15.2. The smallest absolute Gasteiger partial charge is 0.155 e. The molecule has 0 aliphatic heterocycles. The highest BCUT2D eigenvalue weighted by Gasteiger charge is 2.74. The van der Waals surface area contributed by atoms with E-state index in [1.807, 2.05) is 12.2 Å². The molecule has 4 saturated carbocycles. The van der Waals surface area contributed by atoms with E-state index in [9.17, 15) is 15.0 Å². The average Bonchev–Trinajstić information content (AvgIpc) is 3.36. The van der Waals surface area contributed by atoms with Crippen LogP contribution in [0.25, 0.3) is 0 Å². The second-order valence-corrected chi connectivity index (χ2v) is 9.60. The molecule has 8 atom stereocenters. The normalized spacial score (nSPS) is 53.7. The van der Waals surface area contributed by atoms with Crippen molar-refractivity contribution in [2.75, 3.05) is 6.61 Å². The van der Waals surface area contributed by atoms with Crippen molar-refractivity contribution in [1.29, 1.82) is 0 Å². The van der Waals surface area contributed by atoms with Gasteiger partial charge < -0.3 is 10.2 Å². The number of aliphatic hydroxyl groups excluding tert-OH is 1. The van der Waals surface area contributed by atoms with Gasteiger partial charge in [0.2, 0.25) is 0 Å². The fraction of sp³-hybridized carbons (Fsp3) is 0.773. The Hall–Kier alpha value is -0.930. The molecule has 25 heavy (non-hydrogen) atoms. The molecule has 7 unspecified atom stereocenters. The molecule has 0 spiro atoms. The summed E-state index contributed by atoms with van der Waals surface area (Å²) in [5, 5.41) is 20.8. The fourth-order valence-corrected chi connectivity index (χ4v) is 7.77. The van der Waals surface area contributed by atoms with Gasteiger partial charge in [-0.1, -0.05) is 24.6 Å². The number of hydrogen-bond acceptors (Lipinski definition) is 3. The summed E-state index contributed by atoms with van der Waals surface area (Å²) in [7, 11) is 0. The van der Waals surface area contributed by atoms with E-state index in [0.29, 0.717) is 35.4 Å². The quantitative estimate of drug-likeness (QED) is 0.757. The van der Waals surface area contributed by atoms with Crippen molar-refractivity contribution < 1.29 is 15.0 Å². The number of fused-ring (bicyclic) bond motifs is 7. The predicted molar refractivity (Wildman–Crippen MR) is 95.6 cm³/mol. The Morgan fingerprint density at radius 2 is 2.04 bits per heavy atom. The molecule has 5 rings (SSSR count). The second kappa shape index (κ2) is 5.29. The highest BCUT2D eigenvalue weighted by Crippen LogP contribution is 2.76. The van der Waals surface area contributed by atoms with Gasteiger partial charge in [-0.3, -0.25) is 4.79 Å². The van der Waals surface area contributed by atoms with Crippen LogP contribution >= 0.6 is 0 Å². The maximum absolute atomic E-state index is 11.8. The van der Waals surface area contributed by atoms with Gasteiger partial charge in [-0.2, -0.15) is 0 Å². The number of carbonyl (C=O) groups is 1. The van der Waals surface area contributed by atoms with Crippen LogP contribution in [0.3, 0.4) is 0 Å². The molecule has 0 saturated heterocycles. The van der Waals surface area contributed by atoms with Crippen LogP contribution in [0, 0.1) is 40.9 Å². The lowest BCUT2D eigenvalue weighted by atomic mass is 9.49. The summed E-state index contributed by atoms with van der Waals surface area (Å²) in [5.41, 5.74) is 0.662. The highest BCUT2D eigenvalue weighted by molar-refractivity contribution is 5.91. The summed E-state index contributed by atoms with van der Waals surface area (Å²) in [6.45, 7) is 2.33. The van der Waals surface area contributed by atoms with Crippen LogP contribution in [0.1, 0.15) is 51.9 Å². The SMILES string of the molecule is C[C@]12CCC3C4CCC(=O)C=C4CCC3C1C1CC1C2(O)/C=C\CO. The summed E-state index contributed by atoms with van der Waals surface area (Å²) in [5.74, 6) is 4.06. The first-order chi connectivity index (χ1) is 12.0. The Morgan fingerprint density at radius 1 is 1.20 bits per heavy atom. The van der Waals surface area contributed by atoms with Gasteiger partial charge >= 0.3 is 0 Å². The average molecular weight is 342 g/mol. The van der Waals surface area contributed by atoms with Crippen LogP contribution < -0.4 is 0 Å². The Bertz CT molecular complexity index is 664. The Balaban J connectivity index is 1.48. The monoisotopic (exact) mass is 342 g/mol. The van der Waals surface area contributed by atoms with Crippen molar-refractivity contribution in [3.8, 4) is 0 Å². The van der Waals surface area contributed by atoms with Crippen LogP contribution in [0.15, 0.2) is 23.8 Å². The van der Waals surface area contributed by atoms with E-state index >= 15 is 0 Å². The largest absolute Gasteiger partial charge is 0.392 e. The summed E-state index contributed by atoms with van der Waals surface area (Å²) >= 11 is 0. The number of rotatable bonds is 2. The van der Waals surface area contributed by atoms with Gasteiger partial charge in [0.25, 0.3) is 0 Å². The van der Waals surface area contributed by atoms with E-state index in [0.717, 1.165) is 38.0 Å². The third-order valence-electron chi connectivity index (χ3n) is 8.81. The molecule has 2 N–H and O–H groups in total. The number of aliphatic hydroxyl groups is 2. The molecule has 0 bridgehead atoms. The van der Waals surface area contributed by atoms with Crippen molar-refractivity contribution in [3.63, 3.8) is 0 Å². The van der Waals surface area contributed by atoms with E-state index in [1.165, 1.54) is 18.4 Å². The molecule has 0 aromatic heterocycles. The molecule has 4 fully saturated rings. The van der Waals surface area contributed by atoms with Crippen molar-refractivity contribution in [3.05, 3.63) is 23.8 Å². The standard InChI is InChI=1S/C22H30O3/c1-21-9-7-16-15-6-4-14(24)11-13(15)3-5-17(16)20(21)18-12-19(18)22(21,25)8-2-10-23/h2,8,11,15-20,23,25H,3-7,9-10,12H2,1H3/b8-2-/t15?,16?,17?,18?,19?,20?,21-,22?/m0/s1. The maximum Gasteiger partial charge on any atom is 0.155 e. The molecule has 0 amide bonds. The molecule has 136 valence electrons. The van der Waals surface area contributed by atoms with Crippen molar-refractivity contribution in [1.82, 2.24) is 0 Å². The van der Waals surface area contributed by atoms with Crippen LogP contribution in [-0.2, 0) is 4.79 Å². The van der Waals surface area contributed by atoms with E-state index in [4.69, 9.17) is 0 Å². The molecular formula is C22H30O3. The molecule has 3 nitrogen and oxygen atoms in total. The predicted octanol–water partition coefficient (Wildman–Crippen LogP) is 3.26. The van der Waals surface area contributed by atoms with Gasteiger partial charge in [0.15, 0.2) is 5.78 Å². The minimum atomic E-state index is -0.727. The third-order valence-corrected chi connectivity index (χ3v) is 8.81. The number of carbonyl (C=O) groups excluding carboxylic acids is 1. The Morgan fingerprint density at radius 3 is 2.84 bits per heavy atom. The van der Waals surface area contributed by atoms with Crippen LogP contribution in [-0.4, -0.2) is 28.2 Å². The lowest BCUT2D eigenvalue weighted by Gasteiger charge is -2.56. The molecule has 0 aromatic carbocycles. The van der Waals surface area contributed by atoms with Gasteiger partial charge in [-0.15, -0.1) is 0 Å². The minimum absolute atomic E-state index is 0.0107. The molecule has 0 radical (unpaired) electrons. The summed E-state index contributed by atoms with van der Waals surface area (Å²) in [4.78, 5) is 11.8. The summed E-state index contributed by atoms with van der Waals surface area (Å²) in [6, 6.07) is 0. The molecule has 5 aliphatic rings. The van der Waals surface area contributed by atoms with Crippen molar-refractivity contribution >= 4 is 5.78 Å². The number of hydrogen-bond donors (Lipinski definition) is 2. The van der Waals surface area contributed by atoms with Gasteiger partial charge in [-0.05, 0) is 80.1 Å². The van der Waals surface area contributed by atoms with E-state index < -0.39 is 5.60 Å². The molecule has 0 aromatic rings. The van der Waals surface area contributed by atoms with Crippen molar-refractivity contribution in [2.45, 2.75) is 57.5 Å². The third kappa shape index (κ3) is 2.03. The number of allylic oxidation sites excluding steroid dienone is 1.